The van der Waals surface area contributed by atoms with Crippen LogP contribution in [0.25, 0.3) is 22.9 Å². The number of nitrogens with zero attached hydrogens (tertiary/aromatic N) is 2. The second-order valence-corrected chi connectivity index (χ2v) is 6.90. The highest BCUT2D eigenvalue weighted by Crippen LogP contribution is 2.24. The fourth-order valence-corrected chi connectivity index (χ4v) is 2.62. The number of aromatic nitrogens is 2. The van der Waals surface area contributed by atoms with Crippen molar-refractivity contribution < 1.29 is 18.7 Å². The van der Waals surface area contributed by atoms with Crippen LogP contribution in [-0.4, -0.2) is 34.7 Å². The van der Waals surface area contributed by atoms with E-state index in [0.717, 1.165) is 11.1 Å². The minimum absolute atomic E-state index is 0.131. The second-order valence-electron chi connectivity index (χ2n) is 6.90. The van der Waals surface area contributed by atoms with Crippen LogP contribution in [0.5, 0.6) is 0 Å². The molecule has 1 N–H and O–H groups in total. The van der Waals surface area contributed by atoms with E-state index < -0.39 is 0 Å². The van der Waals surface area contributed by atoms with Crippen molar-refractivity contribution >= 4 is 11.9 Å². The summed E-state index contributed by atoms with van der Waals surface area (Å²) in [6.07, 6.45) is -0.0341. The number of aryl methyl sites for hydroxylation is 1. The molecule has 0 spiro atoms. The van der Waals surface area contributed by atoms with E-state index in [2.05, 4.69) is 15.5 Å². The third-order valence-corrected chi connectivity index (χ3v) is 4.10. The third-order valence-electron chi connectivity index (χ3n) is 4.10. The number of amides is 1. The van der Waals surface area contributed by atoms with Gasteiger partial charge in [-0.2, -0.15) is 0 Å². The van der Waals surface area contributed by atoms with Gasteiger partial charge >= 0.3 is 5.97 Å². The first-order valence-electron chi connectivity index (χ1n) is 9.41. The molecule has 0 saturated carbocycles. The largest absolute Gasteiger partial charge is 0.463 e. The van der Waals surface area contributed by atoms with Crippen LogP contribution >= 0.6 is 0 Å². The lowest BCUT2D eigenvalue weighted by Gasteiger charge is -2.08. The number of esters is 1. The summed E-state index contributed by atoms with van der Waals surface area (Å²) in [4.78, 5) is 23.7. The van der Waals surface area contributed by atoms with Crippen molar-refractivity contribution in [2.75, 3.05) is 6.54 Å². The van der Waals surface area contributed by atoms with Gasteiger partial charge in [-0.15, -0.1) is 10.2 Å². The molecular formula is C22H23N3O4. The molecule has 3 rings (SSSR count). The Morgan fingerprint density at radius 2 is 1.52 bits per heavy atom. The van der Waals surface area contributed by atoms with Crippen LogP contribution in [-0.2, 0) is 9.53 Å². The van der Waals surface area contributed by atoms with Crippen LogP contribution in [0.15, 0.2) is 52.9 Å². The Kier molecular flexibility index (Phi) is 6.39. The molecule has 29 heavy (non-hydrogen) atoms. The lowest BCUT2D eigenvalue weighted by atomic mass is 10.1. The Balaban J connectivity index is 1.59. The highest BCUT2D eigenvalue weighted by Gasteiger charge is 2.12. The van der Waals surface area contributed by atoms with Gasteiger partial charge in [0.15, 0.2) is 0 Å². The molecule has 0 aliphatic heterocycles. The van der Waals surface area contributed by atoms with Gasteiger partial charge in [0, 0.05) is 23.2 Å². The summed E-state index contributed by atoms with van der Waals surface area (Å²) in [5.74, 6) is 0.218. The predicted molar refractivity (Wildman–Crippen MR) is 108 cm³/mol. The average molecular weight is 393 g/mol. The Labute approximate surface area is 169 Å². The van der Waals surface area contributed by atoms with Crippen LogP contribution < -0.4 is 5.32 Å². The molecule has 0 saturated heterocycles. The van der Waals surface area contributed by atoms with E-state index >= 15 is 0 Å². The Hall–Kier alpha value is -3.48. The summed E-state index contributed by atoms with van der Waals surface area (Å²) >= 11 is 0. The molecule has 7 heteroatoms. The van der Waals surface area contributed by atoms with Gasteiger partial charge in [-0.25, -0.2) is 0 Å². The van der Waals surface area contributed by atoms with Crippen LogP contribution in [0.4, 0.5) is 0 Å². The number of nitrogens with one attached hydrogen (secondary N) is 1. The molecule has 1 aromatic heterocycles. The summed E-state index contributed by atoms with van der Waals surface area (Å²) in [5.41, 5.74) is 3.19. The molecular weight excluding hydrogens is 370 g/mol. The van der Waals surface area contributed by atoms with Gasteiger partial charge in [-0.3, -0.25) is 9.59 Å². The van der Waals surface area contributed by atoms with Gasteiger partial charge in [0.1, 0.15) is 0 Å². The number of ether oxygens (including phenoxy) is 1. The molecule has 0 fully saturated rings. The lowest BCUT2D eigenvalue weighted by molar-refractivity contribution is -0.147. The molecule has 1 amide bonds. The molecule has 0 radical (unpaired) electrons. The average Bonchev–Trinajstić information content (AvgIpc) is 3.18. The number of carbonyl (C=O) groups is 2. The number of carbonyl (C=O) groups excluding carboxylic acids is 2. The van der Waals surface area contributed by atoms with Gasteiger partial charge < -0.3 is 14.5 Å². The maximum Gasteiger partial charge on any atom is 0.307 e. The van der Waals surface area contributed by atoms with Crippen molar-refractivity contribution in [2.24, 2.45) is 0 Å². The van der Waals surface area contributed by atoms with E-state index in [0.29, 0.717) is 22.9 Å². The normalized spacial score (nSPS) is 10.8. The number of hydrogen-bond donors (Lipinski definition) is 1. The molecule has 150 valence electrons. The molecule has 0 atom stereocenters. The molecule has 0 aliphatic rings. The van der Waals surface area contributed by atoms with Gasteiger partial charge in [0.2, 0.25) is 11.8 Å². The van der Waals surface area contributed by atoms with Crippen molar-refractivity contribution in [1.29, 1.82) is 0 Å². The molecule has 0 unspecified atom stereocenters. The quantitative estimate of drug-likeness (QED) is 0.614. The summed E-state index contributed by atoms with van der Waals surface area (Å²) in [6, 6.07) is 14.7. The first-order valence-corrected chi connectivity index (χ1v) is 9.41. The van der Waals surface area contributed by atoms with Crippen molar-refractivity contribution in [3.05, 3.63) is 59.7 Å². The van der Waals surface area contributed by atoms with Gasteiger partial charge in [-0.1, -0.05) is 17.7 Å². The lowest BCUT2D eigenvalue weighted by Crippen LogP contribution is -2.27. The zero-order valence-electron chi connectivity index (χ0n) is 16.6. The SMILES string of the molecule is Cc1ccc(-c2nnc(-c3ccc(C(=O)NCCC(=O)OC(C)C)cc3)o2)cc1. The molecule has 1 heterocycles. The summed E-state index contributed by atoms with van der Waals surface area (Å²) in [6.45, 7) is 5.80. The monoisotopic (exact) mass is 393 g/mol. The van der Waals surface area contributed by atoms with Crippen molar-refractivity contribution in [3.63, 3.8) is 0 Å². The standard InChI is InChI=1S/C22H23N3O4/c1-14(2)28-19(26)12-13-23-20(27)16-8-10-18(11-9-16)22-25-24-21(29-22)17-6-4-15(3)5-7-17/h4-11,14H,12-13H2,1-3H3,(H,23,27). The molecule has 7 nitrogen and oxygen atoms in total. The minimum Gasteiger partial charge on any atom is -0.463 e. The van der Waals surface area contributed by atoms with Crippen molar-refractivity contribution in [3.8, 4) is 22.9 Å². The fourth-order valence-electron chi connectivity index (χ4n) is 2.62. The minimum atomic E-state index is -0.337. The Morgan fingerprint density at radius 3 is 2.07 bits per heavy atom. The fraction of sp³-hybridized carbons (Fsp3) is 0.273. The smallest absolute Gasteiger partial charge is 0.307 e. The number of benzene rings is 2. The Morgan fingerprint density at radius 1 is 0.966 bits per heavy atom. The van der Waals surface area contributed by atoms with Gasteiger partial charge in [-0.05, 0) is 57.2 Å². The molecule has 2 aromatic carbocycles. The summed E-state index contributed by atoms with van der Waals surface area (Å²) in [5, 5.41) is 10.9. The van der Waals surface area contributed by atoms with E-state index in [-0.39, 0.29) is 30.9 Å². The zero-order chi connectivity index (χ0) is 20.8. The number of hydrogen-bond acceptors (Lipinski definition) is 6. The van der Waals surface area contributed by atoms with E-state index in [1.54, 1.807) is 38.1 Å². The summed E-state index contributed by atoms with van der Waals surface area (Å²) < 4.78 is 10.8. The molecule has 0 bridgehead atoms. The van der Waals surface area contributed by atoms with Crippen molar-refractivity contribution in [1.82, 2.24) is 15.5 Å². The highest BCUT2D eigenvalue weighted by molar-refractivity contribution is 5.94. The highest BCUT2D eigenvalue weighted by atomic mass is 16.5. The van der Waals surface area contributed by atoms with Gasteiger partial charge in [0.25, 0.3) is 5.91 Å². The van der Waals surface area contributed by atoms with E-state index in [4.69, 9.17) is 9.15 Å². The van der Waals surface area contributed by atoms with Crippen molar-refractivity contribution in [2.45, 2.75) is 33.3 Å². The van der Waals surface area contributed by atoms with E-state index in [1.165, 1.54) is 0 Å². The third kappa shape index (κ3) is 5.51. The van der Waals surface area contributed by atoms with E-state index in [1.807, 2.05) is 31.2 Å². The first kappa shape index (κ1) is 20.3. The Bertz CT molecular complexity index is 976. The van der Waals surface area contributed by atoms with Gasteiger partial charge in [0.05, 0.1) is 12.5 Å². The van der Waals surface area contributed by atoms with Crippen LogP contribution in [0.1, 0.15) is 36.2 Å². The first-order chi connectivity index (χ1) is 13.9. The maximum atomic E-state index is 12.2. The predicted octanol–water partition coefficient (Wildman–Crippen LogP) is 3.78. The summed E-state index contributed by atoms with van der Waals surface area (Å²) in [7, 11) is 0. The second kappa shape index (κ2) is 9.14. The van der Waals surface area contributed by atoms with Crippen LogP contribution in [0.2, 0.25) is 0 Å². The molecule has 0 aliphatic carbocycles. The van der Waals surface area contributed by atoms with Crippen LogP contribution in [0, 0.1) is 6.92 Å². The van der Waals surface area contributed by atoms with E-state index in [9.17, 15) is 9.59 Å². The van der Waals surface area contributed by atoms with Crippen LogP contribution in [0.3, 0.4) is 0 Å². The number of rotatable bonds is 7. The zero-order valence-corrected chi connectivity index (χ0v) is 16.6. The maximum absolute atomic E-state index is 12.2. The topological polar surface area (TPSA) is 94.3 Å². The molecule has 3 aromatic rings.